The van der Waals surface area contributed by atoms with E-state index in [-0.39, 0.29) is 5.82 Å². The highest BCUT2D eigenvalue weighted by atomic mass is 19.1. The van der Waals surface area contributed by atoms with Crippen LogP contribution in [-0.4, -0.2) is 6.21 Å². The summed E-state index contributed by atoms with van der Waals surface area (Å²) in [6, 6.07) is 37.0. The van der Waals surface area contributed by atoms with Gasteiger partial charge in [-0.05, 0) is 30.5 Å². The smallest absolute Gasteiger partial charge is 0.212 e. The van der Waals surface area contributed by atoms with Gasteiger partial charge in [-0.15, -0.1) is 0 Å². The summed E-state index contributed by atoms with van der Waals surface area (Å²) in [5, 5.41) is 4.41. The van der Waals surface area contributed by atoms with Crippen LogP contribution in [0.5, 0.6) is 0 Å². The summed E-state index contributed by atoms with van der Waals surface area (Å²) in [6.45, 7) is 0. The van der Waals surface area contributed by atoms with Crippen LogP contribution in [0.3, 0.4) is 0 Å². The van der Waals surface area contributed by atoms with E-state index in [4.69, 9.17) is 4.84 Å². The molecule has 0 bridgehead atoms. The second kappa shape index (κ2) is 9.86. The van der Waals surface area contributed by atoms with Gasteiger partial charge in [0.15, 0.2) is 0 Å². The van der Waals surface area contributed by atoms with E-state index in [1.165, 1.54) is 12.1 Å². The molecule has 4 aromatic carbocycles. The summed E-state index contributed by atoms with van der Waals surface area (Å²) >= 11 is 0. The summed E-state index contributed by atoms with van der Waals surface area (Å²) < 4.78 is 13.1. The lowest BCUT2D eigenvalue weighted by Crippen LogP contribution is -2.31. The van der Waals surface area contributed by atoms with E-state index in [2.05, 4.69) is 41.6 Å². The number of nitrogens with zero attached hydrogens (tertiary/aromatic N) is 1. The highest BCUT2D eigenvalue weighted by Crippen LogP contribution is 2.40. The van der Waals surface area contributed by atoms with Gasteiger partial charge in [0.25, 0.3) is 0 Å². The first-order valence-corrected chi connectivity index (χ1v) is 10.4. The summed E-state index contributed by atoms with van der Waals surface area (Å²) in [7, 11) is 0. The topological polar surface area (TPSA) is 21.6 Å². The SMILES string of the molecule is Fc1ccc(CCC=NOC(c2ccccc2)(c2ccccc2)c2ccccc2)cc1. The standard InChI is InChI=1S/C28H24FNO/c29-27-20-18-23(19-21-27)11-10-22-30-31-28(24-12-4-1-5-13-24,25-14-6-2-7-15-25)26-16-8-3-9-17-26/h1-9,12-22H,10-11H2. The van der Waals surface area contributed by atoms with Crippen molar-refractivity contribution in [1.29, 1.82) is 0 Å². The lowest BCUT2D eigenvalue weighted by molar-refractivity contribution is 0.0179. The highest BCUT2D eigenvalue weighted by Gasteiger charge is 2.39. The molecule has 0 aliphatic heterocycles. The van der Waals surface area contributed by atoms with E-state index >= 15 is 0 Å². The molecule has 2 nitrogen and oxygen atoms in total. The maximum absolute atomic E-state index is 13.1. The molecule has 0 heterocycles. The number of benzene rings is 4. The van der Waals surface area contributed by atoms with Crippen LogP contribution in [-0.2, 0) is 16.9 Å². The Morgan fingerprint density at radius 1 is 0.645 bits per heavy atom. The van der Waals surface area contributed by atoms with Crippen LogP contribution in [0.1, 0.15) is 28.7 Å². The van der Waals surface area contributed by atoms with Crippen molar-refractivity contribution in [3.63, 3.8) is 0 Å². The van der Waals surface area contributed by atoms with Crippen LogP contribution in [0.4, 0.5) is 4.39 Å². The van der Waals surface area contributed by atoms with E-state index in [0.717, 1.165) is 28.7 Å². The normalized spacial score (nSPS) is 11.5. The van der Waals surface area contributed by atoms with Gasteiger partial charge in [-0.1, -0.05) is 108 Å². The zero-order valence-corrected chi connectivity index (χ0v) is 17.2. The summed E-state index contributed by atoms with van der Waals surface area (Å²) in [6.07, 6.45) is 3.25. The average molecular weight is 410 g/mol. The minimum atomic E-state index is -0.865. The Morgan fingerprint density at radius 2 is 1.10 bits per heavy atom. The first kappa shape index (κ1) is 20.5. The van der Waals surface area contributed by atoms with Gasteiger partial charge in [0.05, 0.1) is 0 Å². The van der Waals surface area contributed by atoms with E-state index < -0.39 is 5.60 Å². The fourth-order valence-corrected chi connectivity index (χ4v) is 3.73. The Kier molecular flexibility index (Phi) is 6.53. The number of rotatable bonds is 8. The molecule has 0 saturated heterocycles. The lowest BCUT2D eigenvalue weighted by Gasteiger charge is -2.33. The number of hydrogen-bond donors (Lipinski definition) is 0. The van der Waals surface area contributed by atoms with Crippen LogP contribution < -0.4 is 0 Å². The molecule has 0 aliphatic carbocycles. The molecular formula is C28H24FNO. The van der Waals surface area contributed by atoms with Crippen molar-refractivity contribution in [3.05, 3.63) is 143 Å². The van der Waals surface area contributed by atoms with E-state index in [1.54, 1.807) is 18.3 Å². The lowest BCUT2D eigenvalue weighted by atomic mass is 9.80. The molecule has 4 rings (SSSR count). The van der Waals surface area contributed by atoms with Crippen molar-refractivity contribution < 1.29 is 9.23 Å². The van der Waals surface area contributed by atoms with Gasteiger partial charge in [-0.2, -0.15) is 0 Å². The third kappa shape index (κ3) is 4.72. The predicted molar refractivity (Wildman–Crippen MR) is 124 cm³/mol. The second-order valence-corrected chi connectivity index (χ2v) is 7.32. The van der Waals surface area contributed by atoms with Crippen molar-refractivity contribution in [2.45, 2.75) is 18.4 Å². The number of aryl methyl sites for hydroxylation is 1. The molecule has 3 heteroatoms. The minimum Gasteiger partial charge on any atom is -0.375 e. The Morgan fingerprint density at radius 3 is 1.55 bits per heavy atom. The average Bonchev–Trinajstić information content (AvgIpc) is 2.84. The first-order valence-electron chi connectivity index (χ1n) is 10.4. The molecule has 4 aromatic rings. The molecule has 0 spiro atoms. The zero-order valence-electron chi connectivity index (χ0n) is 17.2. The van der Waals surface area contributed by atoms with Crippen molar-refractivity contribution >= 4 is 6.21 Å². The molecule has 31 heavy (non-hydrogen) atoms. The van der Waals surface area contributed by atoms with Gasteiger partial charge < -0.3 is 4.84 Å². The maximum atomic E-state index is 13.1. The summed E-state index contributed by atoms with van der Waals surface area (Å²) in [4.78, 5) is 6.35. The zero-order chi connectivity index (χ0) is 21.4. The van der Waals surface area contributed by atoms with E-state index in [9.17, 15) is 4.39 Å². The Balaban J connectivity index is 1.66. The third-order valence-electron chi connectivity index (χ3n) is 5.28. The van der Waals surface area contributed by atoms with Gasteiger partial charge in [0.2, 0.25) is 5.60 Å². The molecule has 0 saturated carbocycles. The summed E-state index contributed by atoms with van der Waals surface area (Å²) in [5.41, 5.74) is 3.21. The first-order chi connectivity index (χ1) is 15.3. The summed E-state index contributed by atoms with van der Waals surface area (Å²) in [5.74, 6) is -0.223. The van der Waals surface area contributed by atoms with Gasteiger partial charge in [-0.25, -0.2) is 4.39 Å². The fraction of sp³-hybridized carbons (Fsp3) is 0.107. The molecule has 0 unspecified atom stereocenters. The third-order valence-corrected chi connectivity index (χ3v) is 5.28. The van der Waals surface area contributed by atoms with Crippen molar-refractivity contribution in [2.24, 2.45) is 5.16 Å². The monoisotopic (exact) mass is 409 g/mol. The molecule has 154 valence electrons. The van der Waals surface area contributed by atoms with Crippen LogP contribution in [0.2, 0.25) is 0 Å². The molecule has 0 aliphatic rings. The molecule has 0 fully saturated rings. The van der Waals surface area contributed by atoms with Crippen molar-refractivity contribution in [2.75, 3.05) is 0 Å². The fourth-order valence-electron chi connectivity index (χ4n) is 3.73. The van der Waals surface area contributed by atoms with Gasteiger partial charge in [0.1, 0.15) is 5.82 Å². The van der Waals surface area contributed by atoms with Gasteiger partial charge in [-0.3, -0.25) is 0 Å². The number of hydrogen-bond acceptors (Lipinski definition) is 2. The molecule has 0 radical (unpaired) electrons. The van der Waals surface area contributed by atoms with Crippen LogP contribution in [0.15, 0.2) is 120 Å². The van der Waals surface area contributed by atoms with Gasteiger partial charge >= 0.3 is 0 Å². The van der Waals surface area contributed by atoms with E-state index in [1.807, 2.05) is 54.6 Å². The van der Waals surface area contributed by atoms with Crippen LogP contribution >= 0.6 is 0 Å². The molecule has 0 N–H and O–H groups in total. The molecule has 0 atom stereocenters. The Hall–Kier alpha value is -3.72. The highest BCUT2D eigenvalue weighted by molar-refractivity contribution is 5.57. The second-order valence-electron chi connectivity index (χ2n) is 7.32. The predicted octanol–water partition coefficient (Wildman–Crippen LogP) is 6.75. The maximum Gasteiger partial charge on any atom is 0.212 e. The number of halogens is 1. The molecular weight excluding hydrogens is 385 g/mol. The number of oxime groups is 1. The van der Waals surface area contributed by atoms with E-state index in [0.29, 0.717) is 6.42 Å². The van der Waals surface area contributed by atoms with Crippen LogP contribution in [0.25, 0.3) is 0 Å². The van der Waals surface area contributed by atoms with Crippen LogP contribution in [0, 0.1) is 5.82 Å². The quantitative estimate of drug-likeness (QED) is 0.179. The Bertz CT molecular complexity index is 997. The minimum absolute atomic E-state index is 0.223. The molecule has 0 amide bonds. The Labute approximate surface area is 182 Å². The molecule has 0 aromatic heterocycles. The van der Waals surface area contributed by atoms with Gasteiger partial charge in [0, 0.05) is 22.9 Å². The van der Waals surface area contributed by atoms with Crippen molar-refractivity contribution in [3.8, 4) is 0 Å². The van der Waals surface area contributed by atoms with Crippen molar-refractivity contribution in [1.82, 2.24) is 0 Å². The largest absolute Gasteiger partial charge is 0.375 e.